The quantitative estimate of drug-likeness (QED) is 0.814. The lowest BCUT2D eigenvalue weighted by molar-refractivity contribution is 0.0529. The number of nitrogens with two attached hydrogens (primary N) is 1. The second kappa shape index (κ2) is 4.76. The highest BCUT2D eigenvalue weighted by atomic mass is 16.5. The van der Waals surface area contributed by atoms with Crippen molar-refractivity contribution in [1.82, 2.24) is 14.9 Å². The molecule has 1 fully saturated rings. The highest BCUT2D eigenvalue weighted by Crippen LogP contribution is 2.31. The minimum atomic E-state index is 0.388. The average Bonchev–Trinajstić information content (AvgIpc) is 2.14. The zero-order chi connectivity index (χ0) is 11.5. The molecule has 2 rings (SSSR count). The number of aryl methyl sites for hydroxylation is 1. The molecule has 0 amide bonds. The molecule has 1 atom stereocenters. The van der Waals surface area contributed by atoms with Crippen molar-refractivity contribution in [2.24, 2.45) is 0 Å². The minimum absolute atomic E-state index is 0.388. The maximum Gasteiger partial charge on any atom is 0.127 e. The van der Waals surface area contributed by atoms with Crippen molar-refractivity contribution in [3.05, 3.63) is 17.6 Å². The Kier molecular flexibility index (Phi) is 3.36. The van der Waals surface area contributed by atoms with Crippen LogP contribution in [0.4, 0.5) is 5.82 Å². The first kappa shape index (κ1) is 11.3. The zero-order valence-electron chi connectivity index (χ0n) is 9.81. The highest BCUT2D eigenvalue weighted by molar-refractivity contribution is 5.31. The number of nitrogens with zero attached hydrogens (tertiary/aromatic N) is 3. The van der Waals surface area contributed by atoms with Gasteiger partial charge in [-0.1, -0.05) is 0 Å². The highest BCUT2D eigenvalue weighted by Gasteiger charge is 2.30. The molecule has 5 heteroatoms. The number of ether oxygens (including phenoxy) is 1. The van der Waals surface area contributed by atoms with E-state index in [1.807, 2.05) is 13.0 Å². The lowest BCUT2D eigenvalue weighted by Crippen LogP contribution is -2.43. The Balaban J connectivity index is 2.06. The van der Waals surface area contributed by atoms with Gasteiger partial charge in [0.05, 0.1) is 18.3 Å². The van der Waals surface area contributed by atoms with Crippen LogP contribution < -0.4 is 5.73 Å². The van der Waals surface area contributed by atoms with E-state index < -0.39 is 0 Å². The van der Waals surface area contributed by atoms with Crippen LogP contribution in [0.1, 0.15) is 24.0 Å². The molecule has 16 heavy (non-hydrogen) atoms. The van der Waals surface area contributed by atoms with E-state index in [0.717, 1.165) is 37.6 Å². The number of nitrogen functional groups attached to an aromatic ring is 1. The molecule has 1 aliphatic rings. The SMILES string of the molecule is COCCN1CC[C@H]1c1cc(N)nc(C)n1. The first-order valence-corrected chi connectivity index (χ1v) is 5.54. The Morgan fingerprint density at radius 3 is 2.94 bits per heavy atom. The van der Waals surface area contributed by atoms with E-state index in [1.54, 1.807) is 7.11 Å². The van der Waals surface area contributed by atoms with Crippen molar-refractivity contribution >= 4 is 5.82 Å². The Labute approximate surface area is 95.6 Å². The lowest BCUT2D eigenvalue weighted by atomic mass is 9.99. The Bertz CT molecular complexity index is 349. The van der Waals surface area contributed by atoms with Gasteiger partial charge in [0.2, 0.25) is 0 Å². The fourth-order valence-electron chi connectivity index (χ4n) is 2.04. The Morgan fingerprint density at radius 1 is 1.56 bits per heavy atom. The first-order valence-electron chi connectivity index (χ1n) is 5.54. The van der Waals surface area contributed by atoms with Crippen LogP contribution in [0.5, 0.6) is 0 Å². The molecule has 1 saturated heterocycles. The van der Waals surface area contributed by atoms with Crippen LogP contribution in [0, 0.1) is 6.92 Å². The predicted molar refractivity (Wildman–Crippen MR) is 62.0 cm³/mol. The predicted octanol–water partition coefficient (Wildman–Crippen LogP) is 0.760. The summed E-state index contributed by atoms with van der Waals surface area (Å²) in [5.41, 5.74) is 6.76. The molecule has 0 aromatic carbocycles. The third kappa shape index (κ3) is 2.31. The average molecular weight is 222 g/mol. The largest absolute Gasteiger partial charge is 0.384 e. The van der Waals surface area contributed by atoms with Crippen molar-refractivity contribution in [1.29, 1.82) is 0 Å². The van der Waals surface area contributed by atoms with Gasteiger partial charge in [-0.2, -0.15) is 0 Å². The van der Waals surface area contributed by atoms with Crippen molar-refractivity contribution in [3.63, 3.8) is 0 Å². The number of hydrogen-bond donors (Lipinski definition) is 1. The summed E-state index contributed by atoms with van der Waals surface area (Å²) >= 11 is 0. The van der Waals surface area contributed by atoms with Gasteiger partial charge in [-0.15, -0.1) is 0 Å². The molecule has 0 saturated carbocycles. The minimum Gasteiger partial charge on any atom is -0.384 e. The number of aromatic nitrogens is 2. The van der Waals surface area contributed by atoms with Gasteiger partial charge in [0, 0.05) is 26.3 Å². The summed E-state index contributed by atoms with van der Waals surface area (Å²) in [5, 5.41) is 0. The fourth-order valence-corrected chi connectivity index (χ4v) is 2.04. The maximum atomic E-state index is 5.73. The Morgan fingerprint density at radius 2 is 2.38 bits per heavy atom. The number of methoxy groups -OCH3 is 1. The standard InChI is InChI=1S/C11H18N4O/c1-8-13-9(7-11(12)14-8)10-3-4-15(10)5-6-16-2/h7,10H,3-6H2,1-2H3,(H2,12,13,14)/t10-/m0/s1. The van der Waals surface area contributed by atoms with E-state index in [4.69, 9.17) is 10.5 Å². The Hall–Kier alpha value is -1.20. The van der Waals surface area contributed by atoms with Gasteiger partial charge in [0.1, 0.15) is 11.6 Å². The normalized spacial score (nSPS) is 20.8. The zero-order valence-corrected chi connectivity index (χ0v) is 9.81. The van der Waals surface area contributed by atoms with Crippen molar-refractivity contribution in [2.45, 2.75) is 19.4 Å². The van der Waals surface area contributed by atoms with E-state index >= 15 is 0 Å². The van der Waals surface area contributed by atoms with E-state index in [0.29, 0.717) is 11.9 Å². The van der Waals surface area contributed by atoms with Crippen LogP contribution in [0.3, 0.4) is 0 Å². The van der Waals surface area contributed by atoms with Gasteiger partial charge in [0.15, 0.2) is 0 Å². The van der Waals surface area contributed by atoms with Crippen molar-refractivity contribution in [2.75, 3.05) is 32.5 Å². The summed E-state index contributed by atoms with van der Waals surface area (Å²) in [7, 11) is 1.72. The van der Waals surface area contributed by atoms with Crippen molar-refractivity contribution < 1.29 is 4.74 Å². The van der Waals surface area contributed by atoms with Crippen LogP contribution in [0.2, 0.25) is 0 Å². The maximum absolute atomic E-state index is 5.73. The van der Waals surface area contributed by atoms with Gasteiger partial charge in [-0.25, -0.2) is 9.97 Å². The van der Waals surface area contributed by atoms with Gasteiger partial charge < -0.3 is 10.5 Å². The van der Waals surface area contributed by atoms with Gasteiger partial charge in [-0.3, -0.25) is 4.90 Å². The number of anilines is 1. The molecular weight excluding hydrogens is 204 g/mol. The molecule has 88 valence electrons. The lowest BCUT2D eigenvalue weighted by Gasteiger charge is -2.40. The summed E-state index contributed by atoms with van der Waals surface area (Å²) in [6, 6.07) is 2.26. The summed E-state index contributed by atoms with van der Waals surface area (Å²) < 4.78 is 5.08. The smallest absolute Gasteiger partial charge is 0.127 e. The second-order valence-corrected chi connectivity index (χ2v) is 4.10. The van der Waals surface area contributed by atoms with Crippen molar-refractivity contribution in [3.8, 4) is 0 Å². The van der Waals surface area contributed by atoms with Crippen LogP contribution in [-0.4, -0.2) is 41.7 Å². The third-order valence-corrected chi connectivity index (χ3v) is 2.93. The number of likely N-dealkylation sites (tertiary alicyclic amines) is 1. The first-order chi connectivity index (χ1) is 7.70. The molecule has 0 spiro atoms. The summed E-state index contributed by atoms with van der Waals surface area (Å²) in [4.78, 5) is 10.9. The molecular formula is C11H18N4O. The summed E-state index contributed by atoms with van der Waals surface area (Å²) in [6.07, 6.45) is 1.14. The monoisotopic (exact) mass is 222 g/mol. The topological polar surface area (TPSA) is 64.3 Å². The molecule has 1 aromatic heterocycles. The molecule has 1 aromatic rings. The van der Waals surface area contributed by atoms with E-state index in [9.17, 15) is 0 Å². The molecule has 5 nitrogen and oxygen atoms in total. The molecule has 2 N–H and O–H groups in total. The van der Waals surface area contributed by atoms with Crippen LogP contribution in [-0.2, 0) is 4.74 Å². The van der Waals surface area contributed by atoms with Crippen LogP contribution >= 0.6 is 0 Å². The fraction of sp³-hybridized carbons (Fsp3) is 0.636. The molecule has 2 heterocycles. The van der Waals surface area contributed by atoms with Gasteiger partial charge in [-0.05, 0) is 13.3 Å². The van der Waals surface area contributed by atoms with E-state index in [1.165, 1.54) is 0 Å². The molecule has 0 radical (unpaired) electrons. The second-order valence-electron chi connectivity index (χ2n) is 4.10. The third-order valence-electron chi connectivity index (χ3n) is 2.93. The summed E-state index contributed by atoms with van der Waals surface area (Å²) in [5.74, 6) is 1.30. The number of hydrogen-bond acceptors (Lipinski definition) is 5. The van der Waals surface area contributed by atoms with Gasteiger partial charge in [0.25, 0.3) is 0 Å². The summed E-state index contributed by atoms with van der Waals surface area (Å²) in [6.45, 7) is 4.69. The van der Waals surface area contributed by atoms with Crippen LogP contribution in [0.15, 0.2) is 6.07 Å². The molecule has 0 aliphatic carbocycles. The van der Waals surface area contributed by atoms with E-state index in [2.05, 4.69) is 14.9 Å². The molecule has 0 unspecified atom stereocenters. The number of rotatable bonds is 4. The van der Waals surface area contributed by atoms with Gasteiger partial charge >= 0.3 is 0 Å². The molecule has 0 bridgehead atoms. The van der Waals surface area contributed by atoms with E-state index in [-0.39, 0.29) is 0 Å². The molecule has 1 aliphatic heterocycles. The van der Waals surface area contributed by atoms with Crippen LogP contribution in [0.25, 0.3) is 0 Å².